The van der Waals surface area contributed by atoms with E-state index in [2.05, 4.69) is 5.10 Å². The molecule has 0 aliphatic rings. The first-order valence-corrected chi connectivity index (χ1v) is 5.54. The number of halogens is 2. The highest BCUT2D eigenvalue weighted by molar-refractivity contribution is 6.17. The zero-order valence-corrected chi connectivity index (χ0v) is 9.91. The molecule has 0 atom stereocenters. The number of rotatable bonds is 2. The molecule has 0 N–H and O–H groups in total. The number of aryl methyl sites for hydroxylation is 1. The van der Waals surface area contributed by atoms with Crippen molar-refractivity contribution in [2.75, 3.05) is 0 Å². The quantitative estimate of drug-likeness (QED) is 0.769. The largest absolute Gasteiger partial charge is 0.270 e. The monoisotopic (exact) mass is 252 g/mol. The Kier molecular flexibility index (Phi) is 3.24. The van der Waals surface area contributed by atoms with Crippen LogP contribution in [-0.2, 0) is 12.9 Å². The molecule has 0 saturated carbocycles. The van der Waals surface area contributed by atoms with Gasteiger partial charge in [0, 0.05) is 18.2 Å². The first kappa shape index (κ1) is 11.8. The van der Waals surface area contributed by atoms with E-state index in [1.807, 2.05) is 0 Å². The number of hydrogen-bond acceptors (Lipinski definition) is 2. The zero-order valence-electron chi connectivity index (χ0n) is 9.15. The van der Waals surface area contributed by atoms with Gasteiger partial charge < -0.3 is 0 Å². The molecular weight excluding hydrogens is 243 g/mol. The Balaban J connectivity index is 2.56. The zero-order chi connectivity index (χ0) is 12.4. The maximum atomic E-state index is 12.8. The molecular formula is C12H10ClFN2O. The van der Waals surface area contributed by atoms with E-state index in [-0.39, 0.29) is 17.3 Å². The van der Waals surface area contributed by atoms with Gasteiger partial charge in [0.05, 0.1) is 11.6 Å². The molecule has 0 bridgehead atoms. The third-order valence-corrected chi connectivity index (χ3v) is 2.71. The summed E-state index contributed by atoms with van der Waals surface area (Å²) >= 11 is 5.69. The van der Waals surface area contributed by atoms with Crippen molar-refractivity contribution in [2.24, 2.45) is 7.05 Å². The van der Waals surface area contributed by atoms with Crippen LogP contribution < -0.4 is 5.56 Å². The molecule has 2 rings (SSSR count). The predicted molar refractivity (Wildman–Crippen MR) is 64.4 cm³/mol. The van der Waals surface area contributed by atoms with Gasteiger partial charge >= 0.3 is 0 Å². The predicted octanol–water partition coefficient (Wildman–Crippen LogP) is 2.33. The summed E-state index contributed by atoms with van der Waals surface area (Å²) in [4.78, 5) is 11.6. The highest BCUT2D eigenvalue weighted by atomic mass is 35.5. The maximum Gasteiger partial charge on any atom is 0.270 e. The second-order valence-electron chi connectivity index (χ2n) is 3.62. The van der Waals surface area contributed by atoms with Gasteiger partial charge in [-0.25, -0.2) is 9.07 Å². The fourth-order valence-electron chi connectivity index (χ4n) is 1.53. The summed E-state index contributed by atoms with van der Waals surface area (Å²) in [6.07, 6.45) is 0. The molecule has 1 aromatic carbocycles. The number of benzene rings is 1. The average Bonchev–Trinajstić information content (AvgIpc) is 2.33. The molecule has 3 nitrogen and oxygen atoms in total. The van der Waals surface area contributed by atoms with Crippen molar-refractivity contribution in [2.45, 2.75) is 5.88 Å². The normalized spacial score (nSPS) is 10.5. The van der Waals surface area contributed by atoms with Crippen LogP contribution in [0.5, 0.6) is 0 Å². The van der Waals surface area contributed by atoms with Crippen molar-refractivity contribution in [3.63, 3.8) is 0 Å². The lowest BCUT2D eigenvalue weighted by atomic mass is 10.1. The molecule has 0 saturated heterocycles. The van der Waals surface area contributed by atoms with Gasteiger partial charge in [-0.05, 0) is 30.3 Å². The number of alkyl halides is 1. The van der Waals surface area contributed by atoms with E-state index in [0.717, 1.165) is 5.56 Å². The van der Waals surface area contributed by atoms with Gasteiger partial charge in [-0.15, -0.1) is 11.6 Å². The summed E-state index contributed by atoms with van der Waals surface area (Å²) < 4.78 is 14.0. The van der Waals surface area contributed by atoms with E-state index < -0.39 is 0 Å². The van der Waals surface area contributed by atoms with Crippen molar-refractivity contribution in [1.82, 2.24) is 9.78 Å². The van der Waals surface area contributed by atoms with Crippen LogP contribution in [0.25, 0.3) is 11.3 Å². The SMILES string of the molecule is Cn1nc(-c2ccc(F)cc2)cc(CCl)c1=O. The van der Waals surface area contributed by atoms with Gasteiger partial charge in [0.1, 0.15) is 5.82 Å². The molecule has 5 heteroatoms. The molecule has 1 heterocycles. The van der Waals surface area contributed by atoms with E-state index in [0.29, 0.717) is 11.3 Å². The topological polar surface area (TPSA) is 34.9 Å². The molecule has 0 aliphatic carbocycles. The Hall–Kier alpha value is -1.68. The van der Waals surface area contributed by atoms with Crippen LogP contribution in [0.3, 0.4) is 0 Å². The molecule has 0 aliphatic heterocycles. The summed E-state index contributed by atoms with van der Waals surface area (Å²) in [7, 11) is 1.56. The lowest BCUT2D eigenvalue weighted by Crippen LogP contribution is -2.23. The summed E-state index contributed by atoms with van der Waals surface area (Å²) in [5.74, 6) is -0.181. The molecule has 0 radical (unpaired) electrons. The number of hydrogen-bond donors (Lipinski definition) is 0. The Bertz CT molecular complexity index is 592. The van der Waals surface area contributed by atoms with Crippen LogP contribution in [0.4, 0.5) is 4.39 Å². The van der Waals surface area contributed by atoms with Crippen molar-refractivity contribution < 1.29 is 4.39 Å². The average molecular weight is 253 g/mol. The number of nitrogens with zero attached hydrogens (tertiary/aromatic N) is 2. The van der Waals surface area contributed by atoms with Crippen molar-refractivity contribution >= 4 is 11.6 Å². The fourth-order valence-corrected chi connectivity index (χ4v) is 1.72. The molecule has 1 aromatic heterocycles. The van der Waals surface area contributed by atoms with Gasteiger partial charge in [-0.2, -0.15) is 5.10 Å². The molecule has 88 valence electrons. The minimum atomic E-state index is -0.309. The van der Waals surface area contributed by atoms with Gasteiger partial charge in [-0.3, -0.25) is 4.79 Å². The fraction of sp³-hybridized carbons (Fsp3) is 0.167. The summed E-state index contributed by atoms with van der Waals surface area (Å²) in [5.41, 5.74) is 1.60. The molecule has 0 unspecified atom stereocenters. The van der Waals surface area contributed by atoms with Crippen LogP contribution in [0.2, 0.25) is 0 Å². The van der Waals surface area contributed by atoms with Gasteiger partial charge in [0.2, 0.25) is 0 Å². The van der Waals surface area contributed by atoms with E-state index in [1.54, 1.807) is 25.2 Å². The summed E-state index contributed by atoms with van der Waals surface area (Å²) in [5, 5.41) is 4.10. The second kappa shape index (κ2) is 4.67. The first-order valence-electron chi connectivity index (χ1n) is 5.01. The number of aromatic nitrogens is 2. The van der Waals surface area contributed by atoms with Crippen molar-refractivity contribution in [3.05, 3.63) is 52.1 Å². The third-order valence-electron chi connectivity index (χ3n) is 2.42. The van der Waals surface area contributed by atoms with Crippen LogP contribution in [0, 0.1) is 5.82 Å². The molecule has 17 heavy (non-hydrogen) atoms. The van der Waals surface area contributed by atoms with Crippen molar-refractivity contribution in [3.8, 4) is 11.3 Å². The van der Waals surface area contributed by atoms with E-state index in [4.69, 9.17) is 11.6 Å². The second-order valence-corrected chi connectivity index (χ2v) is 3.89. The first-order chi connectivity index (χ1) is 8.11. The minimum Gasteiger partial charge on any atom is -0.267 e. The van der Waals surface area contributed by atoms with Gasteiger partial charge in [-0.1, -0.05) is 0 Å². The lowest BCUT2D eigenvalue weighted by molar-refractivity contribution is 0.628. The Morgan fingerprint density at radius 2 is 2.00 bits per heavy atom. The van der Waals surface area contributed by atoms with Gasteiger partial charge in [0.25, 0.3) is 5.56 Å². The molecule has 0 spiro atoms. The summed E-state index contributed by atoms with van der Waals surface area (Å²) in [6, 6.07) is 7.55. The Morgan fingerprint density at radius 3 is 2.59 bits per heavy atom. The Labute approximate surface area is 102 Å². The van der Waals surface area contributed by atoms with Crippen LogP contribution >= 0.6 is 11.6 Å². The molecule has 0 fully saturated rings. The highest BCUT2D eigenvalue weighted by Crippen LogP contribution is 2.17. The van der Waals surface area contributed by atoms with Crippen LogP contribution in [0.1, 0.15) is 5.56 Å². The lowest BCUT2D eigenvalue weighted by Gasteiger charge is -2.05. The van der Waals surface area contributed by atoms with Gasteiger partial charge in [0.15, 0.2) is 0 Å². The summed E-state index contributed by atoms with van der Waals surface area (Å²) in [6.45, 7) is 0. The smallest absolute Gasteiger partial charge is 0.267 e. The third kappa shape index (κ3) is 2.36. The molecule has 0 amide bonds. The van der Waals surface area contributed by atoms with Crippen molar-refractivity contribution in [1.29, 1.82) is 0 Å². The standard InChI is InChI=1S/C12H10ClFN2O/c1-16-12(17)9(7-13)6-11(15-16)8-2-4-10(14)5-3-8/h2-6H,7H2,1H3. The van der Waals surface area contributed by atoms with Crippen LogP contribution in [-0.4, -0.2) is 9.78 Å². The van der Waals surface area contributed by atoms with E-state index in [9.17, 15) is 9.18 Å². The Morgan fingerprint density at radius 1 is 1.35 bits per heavy atom. The highest BCUT2D eigenvalue weighted by Gasteiger charge is 2.07. The maximum absolute atomic E-state index is 12.8. The van der Waals surface area contributed by atoms with E-state index in [1.165, 1.54) is 16.8 Å². The van der Waals surface area contributed by atoms with Crippen LogP contribution in [0.15, 0.2) is 35.1 Å². The molecule has 2 aromatic rings. The minimum absolute atomic E-state index is 0.128. The van der Waals surface area contributed by atoms with E-state index >= 15 is 0 Å².